The molecule has 2 bridgehead atoms. The quantitative estimate of drug-likeness (QED) is 0.466. The van der Waals surface area contributed by atoms with Crippen LogP contribution in [-0.4, -0.2) is 21.8 Å². The van der Waals surface area contributed by atoms with Crippen LogP contribution in [0.1, 0.15) is 19.3 Å². The van der Waals surface area contributed by atoms with Crippen molar-refractivity contribution in [2.24, 2.45) is 45.8 Å². The Balaban J connectivity index is 1.87. The first-order valence-electron chi connectivity index (χ1n) is 5.76. The Morgan fingerprint density at radius 1 is 0.800 bits per heavy atom. The topological polar surface area (TPSA) is 65.2 Å². The van der Waals surface area contributed by atoms with E-state index < -0.39 is 0 Å². The van der Waals surface area contributed by atoms with E-state index >= 15 is 0 Å². The van der Waals surface area contributed by atoms with Crippen LogP contribution in [0.25, 0.3) is 0 Å². The van der Waals surface area contributed by atoms with Gasteiger partial charge in [0.1, 0.15) is 0 Å². The molecule has 4 heteroatoms. The highest BCUT2D eigenvalue weighted by molar-refractivity contribution is 6.00. The minimum absolute atomic E-state index is 0.398. The molecule has 6 atom stereocenters. The van der Waals surface area contributed by atoms with Crippen molar-refractivity contribution < 1.29 is 10.4 Å². The predicted octanol–water partition coefficient (Wildman–Crippen LogP) is 1.57. The van der Waals surface area contributed by atoms with Gasteiger partial charge in [-0.2, -0.15) is 0 Å². The van der Waals surface area contributed by atoms with Crippen LogP contribution in [0, 0.1) is 35.5 Å². The normalized spacial score (nSPS) is 60.0. The van der Waals surface area contributed by atoms with E-state index in [1.165, 1.54) is 6.42 Å². The minimum Gasteiger partial charge on any atom is -0.411 e. The lowest BCUT2D eigenvalue weighted by Gasteiger charge is -2.24. The first-order valence-corrected chi connectivity index (χ1v) is 5.76. The molecule has 4 aliphatic carbocycles. The van der Waals surface area contributed by atoms with Crippen molar-refractivity contribution in [2.75, 3.05) is 0 Å². The fourth-order valence-electron chi connectivity index (χ4n) is 5.14. The highest BCUT2D eigenvalue weighted by atomic mass is 16.4. The zero-order chi connectivity index (χ0) is 10.2. The van der Waals surface area contributed by atoms with Gasteiger partial charge in [0.05, 0.1) is 11.4 Å². The summed E-state index contributed by atoms with van der Waals surface area (Å²) in [5.74, 6) is 3.65. The van der Waals surface area contributed by atoms with Crippen molar-refractivity contribution in [3.05, 3.63) is 0 Å². The standard InChI is InChI=1S/C11H14N2O2/c14-12-8-2-4-5-3-9(13-15)11-7(5)1-6(4)10(8)11/h4-7,10-11,14-15H,1-3H2/b12-8+,13-9+/t4-,5+,6+,7-,10-,11-/m1/s1. The second kappa shape index (κ2) is 2.36. The molecule has 0 aromatic rings. The molecule has 0 aromatic carbocycles. The van der Waals surface area contributed by atoms with E-state index in [9.17, 15) is 0 Å². The zero-order valence-electron chi connectivity index (χ0n) is 8.37. The fraction of sp³-hybridized carbons (Fsp3) is 0.818. The van der Waals surface area contributed by atoms with Gasteiger partial charge in [-0.05, 0) is 42.9 Å². The third kappa shape index (κ3) is 0.703. The third-order valence-corrected chi connectivity index (χ3v) is 5.42. The Morgan fingerprint density at radius 3 is 1.67 bits per heavy atom. The fourth-order valence-corrected chi connectivity index (χ4v) is 5.14. The number of hydrogen-bond donors (Lipinski definition) is 2. The van der Waals surface area contributed by atoms with Crippen LogP contribution >= 0.6 is 0 Å². The Kier molecular flexibility index (Phi) is 1.28. The van der Waals surface area contributed by atoms with Crippen molar-refractivity contribution in [1.82, 2.24) is 0 Å². The smallest absolute Gasteiger partial charge is 0.0614 e. The van der Waals surface area contributed by atoms with Gasteiger partial charge in [-0.3, -0.25) is 0 Å². The monoisotopic (exact) mass is 206 g/mol. The minimum atomic E-state index is 0.398. The number of hydrogen-bond acceptors (Lipinski definition) is 4. The Morgan fingerprint density at radius 2 is 1.27 bits per heavy atom. The molecular formula is C11H14N2O2. The maximum Gasteiger partial charge on any atom is 0.0614 e. The largest absolute Gasteiger partial charge is 0.411 e. The van der Waals surface area contributed by atoms with Gasteiger partial charge in [-0.1, -0.05) is 10.3 Å². The molecule has 0 amide bonds. The molecule has 4 aliphatic rings. The van der Waals surface area contributed by atoms with Gasteiger partial charge in [0.25, 0.3) is 0 Å². The van der Waals surface area contributed by atoms with Crippen molar-refractivity contribution in [2.45, 2.75) is 19.3 Å². The number of nitrogens with zero attached hydrogens (tertiary/aromatic N) is 2. The molecule has 0 saturated heterocycles. The van der Waals surface area contributed by atoms with E-state index in [2.05, 4.69) is 10.3 Å². The summed E-state index contributed by atoms with van der Waals surface area (Å²) in [6.07, 6.45) is 3.24. The lowest BCUT2D eigenvalue weighted by Crippen LogP contribution is -2.26. The van der Waals surface area contributed by atoms with Gasteiger partial charge >= 0.3 is 0 Å². The van der Waals surface area contributed by atoms with E-state index in [0.29, 0.717) is 23.7 Å². The van der Waals surface area contributed by atoms with Crippen molar-refractivity contribution in [3.8, 4) is 0 Å². The van der Waals surface area contributed by atoms with Crippen molar-refractivity contribution in [3.63, 3.8) is 0 Å². The second-order valence-electron chi connectivity index (χ2n) is 5.53. The summed E-state index contributed by atoms with van der Waals surface area (Å²) in [6.45, 7) is 0. The summed E-state index contributed by atoms with van der Waals surface area (Å²) in [7, 11) is 0. The van der Waals surface area contributed by atoms with Gasteiger partial charge < -0.3 is 10.4 Å². The van der Waals surface area contributed by atoms with Gasteiger partial charge in [0.2, 0.25) is 0 Å². The molecule has 0 aromatic heterocycles. The van der Waals surface area contributed by atoms with Crippen LogP contribution in [-0.2, 0) is 0 Å². The molecule has 4 fully saturated rings. The van der Waals surface area contributed by atoms with Crippen molar-refractivity contribution in [1.29, 1.82) is 0 Å². The number of fused-ring (bicyclic) bond motifs is 2. The zero-order valence-corrected chi connectivity index (χ0v) is 8.37. The van der Waals surface area contributed by atoms with Crippen LogP contribution in [0.5, 0.6) is 0 Å². The summed E-state index contributed by atoms with van der Waals surface area (Å²) >= 11 is 0. The maximum atomic E-state index is 9.02. The molecule has 15 heavy (non-hydrogen) atoms. The van der Waals surface area contributed by atoms with Gasteiger partial charge in [0, 0.05) is 11.8 Å². The van der Waals surface area contributed by atoms with E-state index in [0.717, 1.165) is 36.1 Å². The molecule has 0 heterocycles. The average Bonchev–Trinajstić information content (AvgIpc) is 2.83. The molecule has 0 radical (unpaired) electrons. The summed E-state index contributed by atoms with van der Waals surface area (Å²) in [5.41, 5.74) is 1.95. The third-order valence-electron chi connectivity index (χ3n) is 5.42. The number of oxime groups is 2. The van der Waals surface area contributed by atoms with Crippen LogP contribution in [0.3, 0.4) is 0 Å². The van der Waals surface area contributed by atoms with Crippen molar-refractivity contribution >= 4 is 11.4 Å². The molecule has 0 spiro atoms. The summed E-state index contributed by atoms with van der Waals surface area (Å²) in [6, 6.07) is 0. The highest BCUT2D eigenvalue weighted by Crippen LogP contribution is 2.68. The Labute approximate surface area is 87.7 Å². The first kappa shape index (κ1) is 8.13. The molecular weight excluding hydrogens is 192 g/mol. The number of rotatable bonds is 0. The molecule has 4 saturated carbocycles. The van der Waals surface area contributed by atoms with Crippen LogP contribution < -0.4 is 0 Å². The van der Waals surface area contributed by atoms with Gasteiger partial charge in [-0.15, -0.1) is 0 Å². The van der Waals surface area contributed by atoms with Gasteiger partial charge in [-0.25, -0.2) is 0 Å². The molecule has 2 N–H and O–H groups in total. The van der Waals surface area contributed by atoms with E-state index in [-0.39, 0.29) is 0 Å². The average molecular weight is 206 g/mol. The van der Waals surface area contributed by atoms with E-state index in [1.54, 1.807) is 0 Å². The summed E-state index contributed by atoms with van der Waals surface area (Å²) in [4.78, 5) is 0. The van der Waals surface area contributed by atoms with Crippen LogP contribution in [0.15, 0.2) is 10.3 Å². The SMILES string of the molecule is O/N=C1\C[C@H]2[C@H]3C/C(=N\O)[C@H]4[C@H]3C[C@H]2[C@H]14. The van der Waals surface area contributed by atoms with E-state index in [1.807, 2.05) is 0 Å². The highest BCUT2D eigenvalue weighted by Gasteiger charge is 2.67. The molecule has 4 rings (SSSR count). The molecule has 80 valence electrons. The maximum absolute atomic E-state index is 9.02. The van der Waals surface area contributed by atoms with Crippen LogP contribution in [0.4, 0.5) is 0 Å². The summed E-state index contributed by atoms with van der Waals surface area (Å²) in [5, 5.41) is 25.0. The lowest BCUT2D eigenvalue weighted by atomic mass is 9.79. The first-order chi connectivity index (χ1) is 7.35. The van der Waals surface area contributed by atoms with Crippen LogP contribution in [0.2, 0.25) is 0 Å². The lowest BCUT2D eigenvalue weighted by molar-refractivity contribution is 0.240. The molecule has 0 aliphatic heterocycles. The molecule has 4 nitrogen and oxygen atoms in total. The summed E-state index contributed by atoms with van der Waals surface area (Å²) < 4.78 is 0. The Hall–Kier alpha value is -1.06. The molecule has 0 unspecified atom stereocenters. The second-order valence-corrected chi connectivity index (χ2v) is 5.53. The van der Waals surface area contributed by atoms with E-state index in [4.69, 9.17) is 10.4 Å². The Bertz CT molecular complexity index is 350. The van der Waals surface area contributed by atoms with Gasteiger partial charge in [0.15, 0.2) is 0 Å². The predicted molar refractivity (Wildman–Crippen MR) is 53.2 cm³/mol.